The minimum atomic E-state index is 0.493. The van der Waals surface area contributed by atoms with Gasteiger partial charge in [0.15, 0.2) is 0 Å². The number of aromatic nitrogens is 2. The zero-order valence-corrected chi connectivity index (χ0v) is 19.8. The lowest BCUT2D eigenvalue weighted by Crippen LogP contribution is -2.12. The molecule has 6 heteroatoms. The van der Waals surface area contributed by atoms with Gasteiger partial charge in [-0.15, -0.1) is 0 Å². The smallest absolute Gasteiger partial charge is 0.212 e. The number of hydrogen-bond acceptors (Lipinski definition) is 3. The quantitative estimate of drug-likeness (QED) is 0.257. The van der Waals surface area contributed by atoms with Crippen LogP contribution in [0.25, 0.3) is 10.8 Å². The first-order valence-corrected chi connectivity index (χ1v) is 11.5. The zero-order chi connectivity index (χ0) is 20.9. The van der Waals surface area contributed by atoms with Crippen LogP contribution in [0.4, 0.5) is 0 Å². The van der Waals surface area contributed by atoms with Crippen molar-refractivity contribution < 1.29 is 9.47 Å². The Morgan fingerprint density at radius 1 is 0.933 bits per heavy atom. The van der Waals surface area contributed by atoms with Crippen LogP contribution in [0.2, 0.25) is 0 Å². The predicted molar refractivity (Wildman–Crippen MR) is 127 cm³/mol. The fourth-order valence-corrected chi connectivity index (χ4v) is 4.35. The van der Waals surface area contributed by atoms with Gasteiger partial charge in [0.2, 0.25) is 5.88 Å². The number of halogens is 2. The van der Waals surface area contributed by atoms with Gasteiger partial charge in [-0.2, -0.15) is 5.10 Å². The van der Waals surface area contributed by atoms with E-state index in [9.17, 15) is 0 Å². The number of nitrogens with zero attached hydrogens (tertiary/aromatic N) is 2. The number of rotatable bonds is 8. The van der Waals surface area contributed by atoms with Crippen molar-refractivity contribution in [2.75, 3.05) is 13.2 Å². The molecule has 0 aliphatic heterocycles. The van der Waals surface area contributed by atoms with Crippen molar-refractivity contribution in [1.82, 2.24) is 9.78 Å². The molecule has 3 aromatic carbocycles. The Kier molecular flexibility index (Phi) is 6.75. The third-order valence-corrected chi connectivity index (χ3v) is 6.07. The number of ether oxygens (including phenoxy) is 2. The summed E-state index contributed by atoms with van der Waals surface area (Å²) in [6, 6.07) is 22.6. The summed E-state index contributed by atoms with van der Waals surface area (Å²) in [4.78, 5) is 0. The van der Waals surface area contributed by atoms with E-state index in [1.807, 2.05) is 48.0 Å². The van der Waals surface area contributed by atoms with Crippen molar-refractivity contribution in [3.05, 3.63) is 86.9 Å². The second-order valence-corrected chi connectivity index (χ2v) is 8.59. The fraction of sp³-hybridized carbons (Fsp3) is 0.208. The highest BCUT2D eigenvalue weighted by atomic mass is 79.9. The van der Waals surface area contributed by atoms with E-state index < -0.39 is 0 Å². The first-order valence-electron chi connectivity index (χ1n) is 9.88. The van der Waals surface area contributed by atoms with Crippen molar-refractivity contribution >= 4 is 42.6 Å². The van der Waals surface area contributed by atoms with Crippen LogP contribution in [-0.4, -0.2) is 23.0 Å². The average Bonchev–Trinajstić information content (AvgIpc) is 3.11. The van der Waals surface area contributed by atoms with Gasteiger partial charge < -0.3 is 9.47 Å². The summed E-state index contributed by atoms with van der Waals surface area (Å²) in [5.74, 6) is 1.59. The molecule has 4 nitrogen and oxygen atoms in total. The molecule has 0 bridgehead atoms. The lowest BCUT2D eigenvalue weighted by Gasteiger charge is -2.12. The van der Waals surface area contributed by atoms with Gasteiger partial charge in [0, 0.05) is 17.0 Å². The maximum Gasteiger partial charge on any atom is 0.212 e. The molecule has 154 valence electrons. The maximum atomic E-state index is 6.06. The highest BCUT2D eigenvalue weighted by Crippen LogP contribution is 2.34. The molecular weight excluding hydrogens is 508 g/mol. The molecular formula is C24H22Br2N2O2. The molecule has 4 rings (SSSR count). The molecule has 1 heterocycles. The average molecular weight is 530 g/mol. The SMILES string of the molecule is CCOc1cc(Cc2ccccc2)nn1CCOc1ccc2cc(Br)ccc2c1Br. The van der Waals surface area contributed by atoms with Crippen LogP contribution >= 0.6 is 31.9 Å². The van der Waals surface area contributed by atoms with Gasteiger partial charge in [0.25, 0.3) is 0 Å². The summed E-state index contributed by atoms with van der Waals surface area (Å²) in [5, 5.41) is 7.01. The summed E-state index contributed by atoms with van der Waals surface area (Å²) in [5.41, 5.74) is 2.22. The highest BCUT2D eigenvalue weighted by molar-refractivity contribution is 9.11. The van der Waals surface area contributed by atoms with Crippen LogP contribution in [0, 0.1) is 0 Å². The summed E-state index contributed by atoms with van der Waals surface area (Å²) in [6.45, 7) is 3.68. The Morgan fingerprint density at radius 2 is 1.77 bits per heavy atom. The molecule has 0 atom stereocenters. The van der Waals surface area contributed by atoms with Gasteiger partial charge in [0.1, 0.15) is 12.4 Å². The third kappa shape index (κ3) is 4.87. The van der Waals surface area contributed by atoms with E-state index >= 15 is 0 Å². The van der Waals surface area contributed by atoms with E-state index in [2.05, 4.69) is 62.2 Å². The van der Waals surface area contributed by atoms with Crippen LogP contribution in [0.5, 0.6) is 11.6 Å². The minimum absolute atomic E-state index is 0.493. The topological polar surface area (TPSA) is 36.3 Å². The van der Waals surface area contributed by atoms with E-state index in [1.165, 1.54) is 5.56 Å². The summed E-state index contributed by atoms with van der Waals surface area (Å²) in [7, 11) is 0. The first kappa shape index (κ1) is 20.9. The van der Waals surface area contributed by atoms with Crippen molar-refractivity contribution in [2.45, 2.75) is 19.9 Å². The Morgan fingerprint density at radius 3 is 2.57 bits per heavy atom. The molecule has 0 saturated heterocycles. The van der Waals surface area contributed by atoms with Gasteiger partial charge in [0.05, 0.1) is 23.3 Å². The number of benzene rings is 3. The second-order valence-electron chi connectivity index (χ2n) is 6.88. The fourth-order valence-electron chi connectivity index (χ4n) is 3.36. The molecule has 0 amide bonds. The standard InChI is InChI=1S/C24H22Br2N2O2/c1-2-29-23-16-20(14-17-6-4-3-5-7-17)27-28(23)12-13-30-22-11-8-18-15-19(25)9-10-21(18)24(22)26/h3-11,15-16H,2,12-14H2,1H3. The number of hydrogen-bond donors (Lipinski definition) is 0. The van der Waals surface area contributed by atoms with Gasteiger partial charge in [-0.05, 0) is 57.4 Å². The third-order valence-electron chi connectivity index (χ3n) is 4.76. The van der Waals surface area contributed by atoms with Crippen LogP contribution < -0.4 is 9.47 Å². The van der Waals surface area contributed by atoms with E-state index in [4.69, 9.17) is 14.6 Å². The Balaban J connectivity index is 1.46. The second kappa shape index (κ2) is 9.67. The lowest BCUT2D eigenvalue weighted by molar-refractivity contribution is 0.259. The molecule has 0 radical (unpaired) electrons. The summed E-state index contributed by atoms with van der Waals surface area (Å²) < 4.78 is 15.7. The normalized spacial score (nSPS) is 11.0. The minimum Gasteiger partial charge on any atom is -0.490 e. The van der Waals surface area contributed by atoms with Gasteiger partial charge in [-0.1, -0.05) is 58.4 Å². The van der Waals surface area contributed by atoms with Crippen molar-refractivity contribution in [3.63, 3.8) is 0 Å². The van der Waals surface area contributed by atoms with Crippen LogP contribution in [0.15, 0.2) is 75.7 Å². The van der Waals surface area contributed by atoms with Crippen LogP contribution in [-0.2, 0) is 13.0 Å². The van der Waals surface area contributed by atoms with Gasteiger partial charge in [-0.25, -0.2) is 4.68 Å². The van der Waals surface area contributed by atoms with Crippen molar-refractivity contribution in [1.29, 1.82) is 0 Å². The Bertz CT molecular complexity index is 1140. The van der Waals surface area contributed by atoms with E-state index in [0.29, 0.717) is 19.8 Å². The first-order chi connectivity index (χ1) is 14.6. The van der Waals surface area contributed by atoms with Crippen molar-refractivity contribution in [2.24, 2.45) is 0 Å². The maximum absolute atomic E-state index is 6.06. The zero-order valence-electron chi connectivity index (χ0n) is 16.6. The predicted octanol–water partition coefficient (Wildman–Crippen LogP) is 6.63. The molecule has 0 aliphatic rings. The summed E-state index contributed by atoms with van der Waals surface area (Å²) in [6.07, 6.45) is 0.778. The van der Waals surface area contributed by atoms with E-state index in [1.54, 1.807) is 0 Å². The molecule has 0 N–H and O–H groups in total. The molecule has 30 heavy (non-hydrogen) atoms. The lowest BCUT2D eigenvalue weighted by atomic mass is 10.1. The molecule has 0 fully saturated rings. The summed E-state index contributed by atoms with van der Waals surface area (Å²) >= 11 is 7.20. The molecule has 0 saturated carbocycles. The molecule has 0 aliphatic carbocycles. The number of fused-ring (bicyclic) bond motifs is 1. The molecule has 0 unspecified atom stereocenters. The van der Waals surface area contributed by atoms with Crippen LogP contribution in [0.1, 0.15) is 18.2 Å². The highest BCUT2D eigenvalue weighted by Gasteiger charge is 2.11. The van der Waals surface area contributed by atoms with E-state index in [-0.39, 0.29) is 0 Å². The largest absolute Gasteiger partial charge is 0.490 e. The molecule has 1 aromatic heterocycles. The molecule has 4 aromatic rings. The van der Waals surface area contributed by atoms with Gasteiger partial charge in [-0.3, -0.25) is 0 Å². The monoisotopic (exact) mass is 528 g/mol. The van der Waals surface area contributed by atoms with Crippen molar-refractivity contribution in [3.8, 4) is 11.6 Å². The van der Waals surface area contributed by atoms with Crippen LogP contribution in [0.3, 0.4) is 0 Å². The Hall–Kier alpha value is -2.31. The molecule has 0 spiro atoms. The van der Waals surface area contributed by atoms with E-state index in [0.717, 1.165) is 43.5 Å². The van der Waals surface area contributed by atoms with Gasteiger partial charge >= 0.3 is 0 Å². The Labute approximate surface area is 193 Å².